The van der Waals surface area contributed by atoms with Gasteiger partial charge in [0.2, 0.25) is 0 Å². The molecular weight excluding hydrogens is 494 g/mol. The van der Waals surface area contributed by atoms with E-state index in [-0.39, 0.29) is 0 Å². The van der Waals surface area contributed by atoms with Gasteiger partial charge in [-0.1, -0.05) is 46.4 Å². The SMILES string of the molecule is Cc1cc(NC(=O)Nc2cc(C)n(-c3cc(Cl)ccc3Cl)n2)nn1-c1cc(Cl)ccc1Cl. The van der Waals surface area contributed by atoms with Crippen molar-refractivity contribution >= 4 is 64.1 Å². The van der Waals surface area contributed by atoms with E-state index in [0.29, 0.717) is 43.1 Å². The highest BCUT2D eigenvalue weighted by Crippen LogP contribution is 2.27. The molecule has 0 unspecified atom stereocenters. The van der Waals surface area contributed by atoms with Crippen molar-refractivity contribution in [2.24, 2.45) is 0 Å². The van der Waals surface area contributed by atoms with Crippen LogP contribution in [0.25, 0.3) is 11.4 Å². The molecule has 4 aromatic rings. The number of nitrogens with one attached hydrogen (secondary N) is 2. The van der Waals surface area contributed by atoms with Crippen LogP contribution in [0.2, 0.25) is 20.1 Å². The molecule has 0 aliphatic rings. The molecule has 32 heavy (non-hydrogen) atoms. The van der Waals surface area contributed by atoms with Crippen molar-refractivity contribution in [3.63, 3.8) is 0 Å². The van der Waals surface area contributed by atoms with Crippen LogP contribution >= 0.6 is 46.4 Å². The van der Waals surface area contributed by atoms with Gasteiger partial charge in [-0.25, -0.2) is 14.2 Å². The Morgan fingerprint density at radius 2 is 1.12 bits per heavy atom. The molecule has 0 aliphatic carbocycles. The van der Waals surface area contributed by atoms with Crippen LogP contribution in [0.3, 0.4) is 0 Å². The smallest absolute Gasteiger partial charge is 0.291 e. The number of benzene rings is 2. The molecule has 0 bridgehead atoms. The zero-order valence-corrected chi connectivity index (χ0v) is 19.9. The van der Waals surface area contributed by atoms with Crippen LogP contribution in [-0.4, -0.2) is 25.6 Å². The number of amides is 2. The molecule has 0 atom stereocenters. The molecular formula is C21H16Cl4N6O. The van der Waals surface area contributed by atoms with Crippen LogP contribution in [0.5, 0.6) is 0 Å². The minimum Gasteiger partial charge on any atom is -0.291 e. The van der Waals surface area contributed by atoms with E-state index in [9.17, 15) is 4.79 Å². The number of aryl methyl sites for hydroxylation is 2. The summed E-state index contributed by atoms with van der Waals surface area (Å²) in [6.45, 7) is 3.68. The monoisotopic (exact) mass is 508 g/mol. The van der Waals surface area contributed by atoms with E-state index in [1.165, 1.54) is 0 Å². The Hall–Kier alpha value is -2.71. The number of rotatable bonds is 4. The third kappa shape index (κ3) is 4.71. The molecule has 0 aliphatic heterocycles. The maximum Gasteiger partial charge on any atom is 0.326 e. The first-order valence-corrected chi connectivity index (χ1v) is 10.8. The number of urea groups is 1. The fourth-order valence-electron chi connectivity index (χ4n) is 3.12. The molecule has 164 valence electrons. The van der Waals surface area contributed by atoms with Crippen molar-refractivity contribution in [3.8, 4) is 11.4 Å². The van der Waals surface area contributed by atoms with E-state index in [0.717, 1.165) is 11.4 Å². The van der Waals surface area contributed by atoms with E-state index < -0.39 is 6.03 Å². The first-order chi connectivity index (χ1) is 15.2. The lowest BCUT2D eigenvalue weighted by atomic mass is 10.3. The van der Waals surface area contributed by atoms with Crippen LogP contribution in [0.1, 0.15) is 11.4 Å². The molecule has 11 heteroatoms. The highest BCUT2D eigenvalue weighted by atomic mass is 35.5. The summed E-state index contributed by atoms with van der Waals surface area (Å²) in [4.78, 5) is 12.5. The number of halogens is 4. The van der Waals surface area contributed by atoms with E-state index in [2.05, 4.69) is 20.8 Å². The lowest BCUT2D eigenvalue weighted by Gasteiger charge is -2.07. The Bertz CT molecular complexity index is 1230. The zero-order chi connectivity index (χ0) is 23.0. The summed E-state index contributed by atoms with van der Waals surface area (Å²) < 4.78 is 3.20. The van der Waals surface area contributed by atoms with E-state index in [1.807, 2.05) is 13.8 Å². The number of hydrogen-bond acceptors (Lipinski definition) is 3. The van der Waals surface area contributed by atoms with E-state index in [1.54, 1.807) is 57.9 Å². The number of nitrogens with zero attached hydrogens (tertiary/aromatic N) is 4. The molecule has 2 aromatic heterocycles. The van der Waals surface area contributed by atoms with Crippen LogP contribution in [0.4, 0.5) is 16.4 Å². The topological polar surface area (TPSA) is 76.8 Å². The van der Waals surface area contributed by atoms with Gasteiger partial charge in [-0.15, -0.1) is 10.2 Å². The predicted molar refractivity (Wildman–Crippen MR) is 129 cm³/mol. The molecule has 0 spiro atoms. The number of carbonyl (C=O) groups excluding carboxylic acids is 1. The Labute approximate surface area is 203 Å². The van der Waals surface area contributed by atoms with Gasteiger partial charge < -0.3 is 0 Å². The second-order valence-corrected chi connectivity index (χ2v) is 8.62. The largest absolute Gasteiger partial charge is 0.326 e. The minimum atomic E-state index is -0.506. The summed E-state index contributed by atoms with van der Waals surface area (Å²) in [6, 6.07) is 13.1. The Balaban J connectivity index is 1.52. The van der Waals surface area contributed by atoms with Crippen molar-refractivity contribution < 1.29 is 4.79 Å². The molecule has 2 amide bonds. The number of hydrogen-bond donors (Lipinski definition) is 2. The molecule has 0 saturated carbocycles. The van der Waals surface area contributed by atoms with Gasteiger partial charge >= 0.3 is 6.03 Å². The molecule has 7 nitrogen and oxygen atoms in total. The fraction of sp³-hybridized carbons (Fsp3) is 0.0952. The van der Waals surface area contributed by atoms with Gasteiger partial charge in [0.15, 0.2) is 11.6 Å². The molecule has 0 fully saturated rings. The number of carbonyl (C=O) groups is 1. The Kier molecular flexibility index (Phi) is 6.35. The normalized spacial score (nSPS) is 10.9. The van der Waals surface area contributed by atoms with Crippen LogP contribution in [0.15, 0.2) is 48.5 Å². The van der Waals surface area contributed by atoms with E-state index in [4.69, 9.17) is 46.4 Å². The number of anilines is 2. The van der Waals surface area contributed by atoms with Crippen LogP contribution in [0, 0.1) is 13.8 Å². The van der Waals surface area contributed by atoms with E-state index >= 15 is 0 Å². The second kappa shape index (κ2) is 9.03. The lowest BCUT2D eigenvalue weighted by Crippen LogP contribution is -2.20. The van der Waals surface area contributed by atoms with Crippen molar-refractivity contribution in [1.82, 2.24) is 19.6 Å². The molecule has 2 N–H and O–H groups in total. The highest BCUT2D eigenvalue weighted by molar-refractivity contribution is 6.35. The molecule has 0 radical (unpaired) electrons. The van der Waals surface area contributed by atoms with Crippen molar-refractivity contribution in [2.75, 3.05) is 10.6 Å². The molecule has 2 aromatic carbocycles. The first kappa shape index (κ1) is 22.5. The van der Waals surface area contributed by atoms with Crippen LogP contribution < -0.4 is 10.6 Å². The summed E-state index contributed by atoms with van der Waals surface area (Å²) in [5.74, 6) is 0.676. The van der Waals surface area contributed by atoms with Gasteiger partial charge in [0.25, 0.3) is 0 Å². The van der Waals surface area contributed by atoms with Gasteiger partial charge in [-0.2, -0.15) is 0 Å². The summed E-state index contributed by atoms with van der Waals surface area (Å²) in [5, 5.41) is 16.2. The average Bonchev–Trinajstić information content (AvgIpc) is 3.27. The van der Waals surface area contributed by atoms with Crippen LogP contribution in [-0.2, 0) is 0 Å². The molecule has 4 rings (SSSR count). The van der Waals surface area contributed by atoms with Crippen molar-refractivity contribution in [2.45, 2.75) is 13.8 Å². The minimum absolute atomic E-state index is 0.338. The predicted octanol–water partition coefficient (Wildman–Crippen LogP) is 6.93. The first-order valence-electron chi connectivity index (χ1n) is 9.33. The standard InChI is InChI=1S/C21H16Cl4N6O/c1-11-7-19(28-30(11)17-9-13(22)3-5-15(17)24)26-21(32)27-20-8-12(2)31(29-20)18-10-14(23)4-6-16(18)25/h3-10H,1-2H3,(H2,26,27,28,29,32). The average molecular weight is 510 g/mol. The van der Waals surface area contributed by atoms with Crippen molar-refractivity contribution in [3.05, 3.63) is 80.0 Å². The quantitative estimate of drug-likeness (QED) is 0.313. The maximum absolute atomic E-state index is 12.5. The van der Waals surface area contributed by atoms with Gasteiger partial charge in [-0.3, -0.25) is 10.6 Å². The molecule has 2 heterocycles. The Morgan fingerprint density at radius 1 is 0.719 bits per heavy atom. The zero-order valence-electron chi connectivity index (χ0n) is 16.8. The summed E-state index contributed by atoms with van der Waals surface area (Å²) in [5.41, 5.74) is 2.75. The Morgan fingerprint density at radius 3 is 1.53 bits per heavy atom. The summed E-state index contributed by atoms with van der Waals surface area (Å²) in [6.07, 6.45) is 0. The fourth-order valence-corrected chi connectivity index (χ4v) is 3.85. The van der Waals surface area contributed by atoms with Crippen molar-refractivity contribution in [1.29, 1.82) is 0 Å². The van der Waals surface area contributed by atoms with Gasteiger partial charge in [-0.05, 0) is 50.2 Å². The molecule has 0 saturated heterocycles. The lowest BCUT2D eigenvalue weighted by molar-refractivity contribution is 0.262. The number of aromatic nitrogens is 4. The highest BCUT2D eigenvalue weighted by Gasteiger charge is 2.15. The van der Waals surface area contributed by atoms with Gasteiger partial charge in [0.1, 0.15) is 0 Å². The third-order valence-electron chi connectivity index (χ3n) is 4.53. The summed E-state index contributed by atoms with van der Waals surface area (Å²) in [7, 11) is 0. The summed E-state index contributed by atoms with van der Waals surface area (Å²) >= 11 is 24.7. The van der Waals surface area contributed by atoms with Gasteiger partial charge in [0, 0.05) is 33.6 Å². The second-order valence-electron chi connectivity index (χ2n) is 6.94. The third-order valence-corrected chi connectivity index (χ3v) is 5.64. The maximum atomic E-state index is 12.5. The van der Waals surface area contributed by atoms with Gasteiger partial charge in [0.05, 0.1) is 21.4 Å².